The van der Waals surface area contributed by atoms with Crippen molar-refractivity contribution in [3.8, 4) is 0 Å². The van der Waals surface area contributed by atoms with Crippen molar-refractivity contribution in [1.29, 1.82) is 0 Å². The lowest BCUT2D eigenvalue weighted by atomic mass is 10.3. The topological polar surface area (TPSA) is 72.7 Å². The number of nitrogens with zero attached hydrogens (tertiary/aromatic N) is 4. The minimum Gasteiger partial charge on any atom is -0.324 e. The van der Waals surface area contributed by atoms with Gasteiger partial charge in [-0.3, -0.25) is 4.79 Å². The smallest absolute Gasteiger partial charge is 0.237 e. The van der Waals surface area contributed by atoms with E-state index in [-0.39, 0.29) is 11.2 Å². The van der Waals surface area contributed by atoms with Crippen LogP contribution in [0, 0.1) is 0 Å². The number of rotatable bonds is 5. The van der Waals surface area contributed by atoms with Gasteiger partial charge in [0.15, 0.2) is 0 Å². The molecule has 0 bridgehead atoms. The highest BCUT2D eigenvalue weighted by Gasteiger charge is 2.25. The second kappa shape index (κ2) is 7.72. The van der Waals surface area contributed by atoms with E-state index in [1.807, 2.05) is 11.6 Å². The molecule has 1 fully saturated rings. The van der Waals surface area contributed by atoms with Gasteiger partial charge >= 0.3 is 0 Å². The monoisotopic (exact) mass is 385 g/mol. The van der Waals surface area contributed by atoms with Crippen molar-refractivity contribution in [3.05, 3.63) is 28.2 Å². The van der Waals surface area contributed by atoms with Crippen LogP contribution in [0.3, 0.4) is 0 Å². The van der Waals surface area contributed by atoms with Gasteiger partial charge in [-0.25, -0.2) is 4.68 Å². The van der Waals surface area contributed by atoms with Crippen LogP contribution in [0.5, 0.6) is 0 Å². The molecule has 1 aromatic carbocycles. The molecule has 9 heteroatoms. The summed E-state index contributed by atoms with van der Waals surface area (Å²) in [5.74, 6) is -0.176. The van der Waals surface area contributed by atoms with Crippen LogP contribution < -0.4 is 5.32 Å². The Hall–Kier alpha value is -1.31. The molecule has 128 valence electrons. The molecular formula is C15H17Cl2N5OS. The van der Waals surface area contributed by atoms with Gasteiger partial charge in [0.2, 0.25) is 11.1 Å². The van der Waals surface area contributed by atoms with Gasteiger partial charge in [0, 0.05) is 0 Å². The Kier molecular flexibility index (Phi) is 5.63. The largest absolute Gasteiger partial charge is 0.324 e. The predicted molar refractivity (Wildman–Crippen MR) is 95.7 cm³/mol. The number of anilines is 1. The second-order valence-electron chi connectivity index (χ2n) is 5.70. The maximum atomic E-state index is 12.4. The molecule has 3 rings (SSSR count). The fourth-order valence-corrected chi connectivity index (χ4v) is 3.89. The van der Waals surface area contributed by atoms with Gasteiger partial charge in [-0.05, 0) is 42.3 Å². The van der Waals surface area contributed by atoms with Crippen LogP contribution in [-0.2, 0) is 4.79 Å². The Morgan fingerprint density at radius 2 is 2.12 bits per heavy atom. The standard InChI is InChI=1S/C15H17Cl2N5OS/c1-9(14(23)18-12-8-4-7-11(16)13(12)17)24-15-19-20-21-22(15)10-5-2-3-6-10/h4,7-10H,2-3,5-6H2,1H3,(H,18,23). The zero-order valence-corrected chi connectivity index (χ0v) is 15.4. The molecular weight excluding hydrogens is 369 g/mol. The Bertz CT molecular complexity index is 732. The summed E-state index contributed by atoms with van der Waals surface area (Å²) in [5.41, 5.74) is 0.497. The molecule has 0 radical (unpaired) electrons. The van der Waals surface area contributed by atoms with Crippen LogP contribution >= 0.6 is 35.0 Å². The molecule has 24 heavy (non-hydrogen) atoms. The predicted octanol–water partition coefficient (Wildman–Crippen LogP) is 4.21. The Balaban J connectivity index is 1.66. The van der Waals surface area contributed by atoms with Crippen molar-refractivity contribution in [2.75, 3.05) is 5.32 Å². The molecule has 1 heterocycles. The number of aromatic nitrogens is 4. The third-order valence-corrected chi connectivity index (χ3v) is 5.86. The van der Waals surface area contributed by atoms with Crippen LogP contribution in [0.1, 0.15) is 38.6 Å². The van der Waals surface area contributed by atoms with E-state index in [2.05, 4.69) is 20.8 Å². The first-order chi connectivity index (χ1) is 11.6. The van der Waals surface area contributed by atoms with Gasteiger partial charge in [0.25, 0.3) is 0 Å². The first kappa shape index (κ1) is 17.5. The normalized spacial score (nSPS) is 16.3. The highest BCUT2D eigenvalue weighted by Crippen LogP contribution is 2.33. The number of carbonyl (C=O) groups excluding carboxylic acids is 1. The van der Waals surface area contributed by atoms with Crippen molar-refractivity contribution in [2.45, 2.75) is 49.1 Å². The van der Waals surface area contributed by atoms with Crippen LogP contribution in [0.25, 0.3) is 0 Å². The summed E-state index contributed by atoms with van der Waals surface area (Å²) < 4.78 is 1.84. The fourth-order valence-electron chi connectivity index (χ4n) is 2.69. The van der Waals surface area contributed by atoms with Crippen molar-refractivity contribution < 1.29 is 4.79 Å². The number of carbonyl (C=O) groups is 1. The quantitative estimate of drug-likeness (QED) is 0.780. The van der Waals surface area contributed by atoms with E-state index in [0.717, 1.165) is 12.8 Å². The summed E-state index contributed by atoms with van der Waals surface area (Å²) >= 11 is 13.4. The highest BCUT2D eigenvalue weighted by molar-refractivity contribution is 8.00. The first-order valence-corrected chi connectivity index (χ1v) is 9.39. The van der Waals surface area contributed by atoms with E-state index >= 15 is 0 Å². The third-order valence-electron chi connectivity index (χ3n) is 3.99. The number of halogens is 2. The molecule has 0 spiro atoms. The lowest BCUT2D eigenvalue weighted by molar-refractivity contribution is -0.115. The number of amides is 1. The van der Waals surface area contributed by atoms with Gasteiger partial charge in [0.1, 0.15) is 0 Å². The maximum Gasteiger partial charge on any atom is 0.237 e. The van der Waals surface area contributed by atoms with Crippen molar-refractivity contribution in [2.24, 2.45) is 0 Å². The molecule has 1 saturated carbocycles. The highest BCUT2D eigenvalue weighted by atomic mass is 35.5. The SMILES string of the molecule is CC(Sc1nnnn1C1CCCC1)C(=O)Nc1cccc(Cl)c1Cl. The molecule has 1 atom stereocenters. The zero-order valence-electron chi connectivity index (χ0n) is 13.1. The van der Waals surface area contributed by atoms with Gasteiger partial charge in [0.05, 0.1) is 27.0 Å². The number of nitrogens with one attached hydrogen (secondary N) is 1. The van der Waals surface area contributed by atoms with Crippen LogP contribution in [0.2, 0.25) is 10.0 Å². The molecule has 0 aliphatic heterocycles. The van der Waals surface area contributed by atoms with Gasteiger partial charge in [-0.15, -0.1) is 5.10 Å². The van der Waals surface area contributed by atoms with E-state index in [9.17, 15) is 4.79 Å². The summed E-state index contributed by atoms with van der Waals surface area (Å²) in [6.07, 6.45) is 4.55. The Morgan fingerprint density at radius 1 is 1.38 bits per heavy atom. The van der Waals surface area contributed by atoms with Gasteiger partial charge < -0.3 is 5.32 Å². The first-order valence-electron chi connectivity index (χ1n) is 7.75. The molecule has 6 nitrogen and oxygen atoms in total. The number of thioether (sulfide) groups is 1. The fraction of sp³-hybridized carbons (Fsp3) is 0.467. The number of hydrogen-bond acceptors (Lipinski definition) is 5. The van der Waals surface area contributed by atoms with E-state index in [1.54, 1.807) is 18.2 Å². The minimum atomic E-state index is -0.369. The number of tetrazole rings is 1. The van der Waals surface area contributed by atoms with Gasteiger partial charge in [-0.1, -0.05) is 53.9 Å². The summed E-state index contributed by atoms with van der Waals surface area (Å²) in [6, 6.07) is 5.46. The Morgan fingerprint density at radius 3 is 2.88 bits per heavy atom. The van der Waals surface area contributed by atoms with Crippen molar-refractivity contribution in [1.82, 2.24) is 20.2 Å². The molecule has 1 N–H and O–H groups in total. The van der Waals surface area contributed by atoms with Crippen molar-refractivity contribution >= 4 is 46.6 Å². The zero-order chi connectivity index (χ0) is 17.1. The number of benzene rings is 1. The minimum absolute atomic E-state index is 0.176. The van der Waals surface area contributed by atoms with E-state index in [4.69, 9.17) is 23.2 Å². The Labute approximate surface area is 154 Å². The lowest BCUT2D eigenvalue weighted by Gasteiger charge is -2.15. The lowest BCUT2D eigenvalue weighted by Crippen LogP contribution is -2.23. The summed E-state index contributed by atoms with van der Waals surface area (Å²) in [6.45, 7) is 1.81. The van der Waals surface area contributed by atoms with Crippen LogP contribution in [0.15, 0.2) is 23.4 Å². The summed E-state index contributed by atoms with van der Waals surface area (Å²) in [5, 5.41) is 15.7. The van der Waals surface area contributed by atoms with E-state index in [0.29, 0.717) is 26.9 Å². The van der Waals surface area contributed by atoms with Crippen molar-refractivity contribution in [3.63, 3.8) is 0 Å². The van der Waals surface area contributed by atoms with Crippen LogP contribution in [-0.4, -0.2) is 31.4 Å². The van der Waals surface area contributed by atoms with E-state index in [1.165, 1.54) is 24.6 Å². The molecule has 1 unspecified atom stereocenters. The molecule has 1 amide bonds. The van der Waals surface area contributed by atoms with E-state index < -0.39 is 0 Å². The molecule has 0 saturated heterocycles. The average Bonchev–Trinajstić information content (AvgIpc) is 3.22. The van der Waals surface area contributed by atoms with Gasteiger partial charge in [-0.2, -0.15) is 0 Å². The molecule has 1 aliphatic carbocycles. The van der Waals surface area contributed by atoms with Crippen LogP contribution in [0.4, 0.5) is 5.69 Å². The maximum absolute atomic E-state index is 12.4. The second-order valence-corrected chi connectivity index (χ2v) is 7.79. The third kappa shape index (κ3) is 3.84. The number of hydrogen-bond donors (Lipinski definition) is 1. The summed E-state index contributed by atoms with van der Waals surface area (Å²) in [4.78, 5) is 12.4. The summed E-state index contributed by atoms with van der Waals surface area (Å²) in [7, 11) is 0. The molecule has 2 aromatic rings. The molecule has 1 aliphatic rings. The average molecular weight is 386 g/mol. The molecule has 1 aromatic heterocycles.